The molecule has 1 amide bonds. The van der Waals surface area contributed by atoms with Crippen LogP contribution in [0.2, 0.25) is 0 Å². The van der Waals surface area contributed by atoms with Crippen molar-refractivity contribution >= 4 is 6.09 Å². The number of amides is 1. The Labute approximate surface area is 137 Å². The number of hydrogen-bond donors (Lipinski definition) is 2. The van der Waals surface area contributed by atoms with Gasteiger partial charge in [0, 0.05) is 12.1 Å². The molecule has 2 unspecified atom stereocenters. The van der Waals surface area contributed by atoms with Gasteiger partial charge in [-0.15, -0.1) is 0 Å². The van der Waals surface area contributed by atoms with Gasteiger partial charge in [0.25, 0.3) is 0 Å². The third-order valence-corrected chi connectivity index (χ3v) is 4.06. The van der Waals surface area contributed by atoms with E-state index in [1.807, 2.05) is 24.3 Å². The zero-order valence-corrected chi connectivity index (χ0v) is 13.6. The third-order valence-electron chi connectivity index (χ3n) is 4.06. The van der Waals surface area contributed by atoms with E-state index in [1.165, 1.54) is 7.11 Å². The van der Waals surface area contributed by atoms with Gasteiger partial charge in [0.2, 0.25) is 0 Å². The van der Waals surface area contributed by atoms with Gasteiger partial charge in [-0.2, -0.15) is 0 Å². The summed E-state index contributed by atoms with van der Waals surface area (Å²) in [5.74, 6) is 6.98. The summed E-state index contributed by atoms with van der Waals surface area (Å²) in [7, 11) is 2.95. The number of aliphatic hydroxyl groups is 1. The molecule has 1 aliphatic carbocycles. The molecule has 1 aromatic carbocycles. The molecule has 1 aromatic rings. The number of hydrogen-bond acceptors (Lipinski definition) is 4. The molecule has 1 aliphatic rings. The SMILES string of the molecule is COC(=O)NCC1CCCC(O)(C#Cc2cccc(OC)c2)C1. The van der Waals surface area contributed by atoms with E-state index in [2.05, 4.69) is 21.9 Å². The van der Waals surface area contributed by atoms with Gasteiger partial charge in [0.1, 0.15) is 11.4 Å². The first-order chi connectivity index (χ1) is 11.0. The summed E-state index contributed by atoms with van der Waals surface area (Å²) >= 11 is 0. The Bertz CT molecular complexity index is 605. The third kappa shape index (κ3) is 5.19. The summed E-state index contributed by atoms with van der Waals surface area (Å²) in [5, 5.41) is 13.4. The molecule has 124 valence electrons. The first-order valence-corrected chi connectivity index (χ1v) is 7.76. The van der Waals surface area contributed by atoms with Crippen molar-refractivity contribution in [3.63, 3.8) is 0 Å². The monoisotopic (exact) mass is 317 g/mol. The van der Waals surface area contributed by atoms with Gasteiger partial charge >= 0.3 is 6.09 Å². The fourth-order valence-corrected chi connectivity index (χ4v) is 2.84. The molecule has 0 saturated heterocycles. The molecule has 0 spiro atoms. The second-order valence-electron chi connectivity index (χ2n) is 5.85. The van der Waals surface area contributed by atoms with Crippen LogP contribution in [-0.2, 0) is 4.74 Å². The smallest absolute Gasteiger partial charge is 0.406 e. The summed E-state index contributed by atoms with van der Waals surface area (Å²) in [5.41, 5.74) is -0.198. The van der Waals surface area contributed by atoms with Crippen molar-refractivity contribution in [3.05, 3.63) is 29.8 Å². The maximum atomic E-state index is 11.2. The van der Waals surface area contributed by atoms with Crippen LogP contribution in [0.15, 0.2) is 24.3 Å². The van der Waals surface area contributed by atoms with Crippen LogP contribution < -0.4 is 10.1 Å². The fraction of sp³-hybridized carbons (Fsp3) is 0.500. The lowest BCUT2D eigenvalue weighted by atomic mass is 9.78. The molecule has 0 bridgehead atoms. The molecule has 5 heteroatoms. The van der Waals surface area contributed by atoms with Crippen molar-refractivity contribution in [2.24, 2.45) is 5.92 Å². The standard InChI is InChI=1S/C18H23NO4/c1-22-16-7-3-5-14(11-16)8-10-18(21)9-4-6-15(12-18)13-19-17(20)23-2/h3,5,7,11,15,21H,4,6,9,12-13H2,1-2H3,(H,19,20). The summed E-state index contributed by atoms with van der Waals surface area (Å²) in [6.45, 7) is 0.496. The van der Waals surface area contributed by atoms with Crippen LogP contribution in [-0.4, -0.2) is 37.6 Å². The molecular weight excluding hydrogens is 294 g/mol. The van der Waals surface area contributed by atoms with Crippen LogP contribution in [0.4, 0.5) is 4.79 Å². The highest BCUT2D eigenvalue weighted by Gasteiger charge is 2.32. The predicted molar refractivity (Wildman–Crippen MR) is 87.2 cm³/mol. The van der Waals surface area contributed by atoms with E-state index in [0.29, 0.717) is 19.4 Å². The van der Waals surface area contributed by atoms with E-state index in [9.17, 15) is 9.90 Å². The van der Waals surface area contributed by atoms with E-state index in [4.69, 9.17) is 4.74 Å². The van der Waals surface area contributed by atoms with E-state index < -0.39 is 11.7 Å². The molecule has 2 N–H and O–H groups in total. The Kier molecular flexibility index (Phi) is 5.89. The molecule has 2 rings (SSSR count). The number of alkyl carbamates (subject to hydrolysis) is 1. The van der Waals surface area contributed by atoms with Gasteiger partial charge in [-0.1, -0.05) is 17.9 Å². The van der Waals surface area contributed by atoms with Gasteiger partial charge < -0.3 is 19.9 Å². The number of ether oxygens (including phenoxy) is 2. The molecule has 23 heavy (non-hydrogen) atoms. The zero-order chi connectivity index (χ0) is 16.7. The average molecular weight is 317 g/mol. The van der Waals surface area contributed by atoms with Gasteiger partial charge in [-0.25, -0.2) is 4.79 Å². The minimum Gasteiger partial charge on any atom is -0.497 e. The Morgan fingerprint density at radius 3 is 3.04 bits per heavy atom. The number of carbonyl (C=O) groups is 1. The van der Waals surface area contributed by atoms with Crippen molar-refractivity contribution < 1.29 is 19.4 Å². The van der Waals surface area contributed by atoms with Crippen LogP contribution in [0, 0.1) is 17.8 Å². The van der Waals surface area contributed by atoms with Crippen molar-refractivity contribution in [2.45, 2.75) is 31.3 Å². The Morgan fingerprint density at radius 1 is 1.48 bits per heavy atom. The molecular formula is C18H23NO4. The zero-order valence-electron chi connectivity index (χ0n) is 13.6. The van der Waals surface area contributed by atoms with Crippen LogP contribution >= 0.6 is 0 Å². The first kappa shape index (κ1) is 17.2. The topological polar surface area (TPSA) is 67.8 Å². The van der Waals surface area contributed by atoms with Gasteiger partial charge in [0.05, 0.1) is 14.2 Å². The molecule has 2 atom stereocenters. The average Bonchev–Trinajstić information content (AvgIpc) is 2.58. The largest absolute Gasteiger partial charge is 0.497 e. The molecule has 1 saturated carbocycles. The van der Waals surface area contributed by atoms with Crippen LogP contribution in [0.1, 0.15) is 31.2 Å². The second kappa shape index (κ2) is 7.89. The van der Waals surface area contributed by atoms with E-state index in [0.717, 1.165) is 24.2 Å². The highest BCUT2D eigenvalue weighted by Crippen LogP contribution is 2.31. The Morgan fingerprint density at radius 2 is 2.30 bits per heavy atom. The van der Waals surface area contributed by atoms with E-state index >= 15 is 0 Å². The molecule has 0 aliphatic heterocycles. The van der Waals surface area contributed by atoms with E-state index in [1.54, 1.807) is 7.11 Å². The lowest BCUT2D eigenvalue weighted by molar-refractivity contribution is 0.0368. The summed E-state index contributed by atoms with van der Waals surface area (Å²) < 4.78 is 9.74. The Hall–Kier alpha value is -2.19. The minimum atomic E-state index is -1.01. The summed E-state index contributed by atoms with van der Waals surface area (Å²) in [6, 6.07) is 7.46. The van der Waals surface area contributed by atoms with Crippen LogP contribution in [0.3, 0.4) is 0 Å². The lowest BCUT2D eigenvalue weighted by Crippen LogP contribution is -2.39. The molecule has 0 aromatic heterocycles. The quantitative estimate of drug-likeness (QED) is 0.840. The highest BCUT2D eigenvalue weighted by atomic mass is 16.5. The molecule has 0 heterocycles. The van der Waals surface area contributed by atoms with Gasteiger partial charge in [-0.3, -0.25) is 0 Å². The molecule has 0 radical (unpaired) electrons. The second-order valence-corrected chi connectivity index (χ2v) is 5.85. The van der Waals surface area contributed by atoms with Crippen molar-refractivity contribution in [1.29, 1.82) is 0 Å². The first-order valence-electron chi connectivity index (χ1n) is 7.76. The van der Waals surface area contributed by atoms with Crippen LogP contribution in [0.25, 0.3) is 0 Å². The maximum Gasteiger partial charge on any atom is 0.406 e. The van der Waals surface area contributed by atoms with Gasteiger partial charge in [-0.05, 0) is 49.8 Å². The minimum absolute atomic E-state index is 0.201. The maximum absolute atomic E-state index is 11.2. The number of rotatable bonds is 3. The normalized spacial score (nSPS) is 23.3. The van der Waals surface area contributed by atoms with Crippen molar-refractivity contribution in [1.82, 2.24) is 5.32 Å². The summed E-state index contributed by atoms with van der Waals surface area (Å²) in [6.07, 6.45) is 2.61. The Balaban J connectivity index is 2.00. The number of methoxy groups -OCH3 is 2. The number of carbonyl (C=O) groups excluding carboxylic acids is 1. The number of nitrogens with one attached hydrogen (secondary N) is 1. The van der Waals surface area contributed by atoms with Crippen molar-refractivity contribution in [3.8, 4) is 17.6 Å². The van der Waals surface area contributed by atoms with E-state index in [-0.39, 0.29) is 5.92 Å². The lowest BCUT2D eigenvalue weighted by Gasteiger charge is -2.33. The predicted octanol–water partition coefficient (Wildman–Crippen LogP) is 2.32. The highest BCUT2D eigenvalue weighted by molar-refractivity contribution is 5.66. The number of benzene rings is 1. The van der Waals surface area contributed by atoms with Crippen LogP contribution in [0.5, 0.6) is 5.75 Å². The molecule has 1 fully saturated rings. The van der Waals surface area contributed by atoms with Crippen molar-refractivity contribution in [2.75, 3.05) is 20.8 Å². The molecule has 5 nitrogen and oxygen atoms in total. The fourth-order valence-electron chi connectivity index (χ4n) is 2.84. The van der Waals surface area contributed by atoms with Gasteiger partial charge in [0.15, 0.2) is 0 Å². The summed E-state index contributed by atoms with van der Waals surface area (Å²) in [4.78, 5) is 11.2.